The first-order valence-electron chi connectivity index (χ1n) is 11.2. The lowest BCUT2D eigenvalue weighted by Crippen LogP contribution is -2.26. The summed E-state index contributed by atoms with van der Waals surface area (Å²) < 4.78 is 4.06. The van der Waals surface area contributed by atoms with Crippen LogP contribution in [0.15, 0.2) is 85.1 Å². The topological polar surface area (TPSA) is 47.7 Å². The number of aryl methyl sites for hydroxylation is 3. The molecule has 0 saturated carbocycles. The van der Waals surface area contributed by atoms with Crippen molar-refractivity contribution in [2.45, 2.75) is 26.9 Å². The first-order chi connectivity index (χ1) is 16.1. The molecule has 2 aromatic heterocycles. The van der Waals surface area contributed by atoms with Gasteiger partial charge in [0.15, 0.2) is 6.17 Å². The monoisotopic (exact) mass is 431 g/mol. The molecule has 6 rings (SSSR count). The van der Waals surface area contributed by atoms with E-state index < -0.39 is 0 Å². The van der Waals surface area contributed by atoms with Crippen molar-refractivity contribution in [2.24, 2.45) is 0 Å². The van der Waals surface area contributed by atoms with Gasteiger partial charge in [0.05, 0.1) is 22.8 Å². The van der Waals surface area contributed by atoms with E-state index in [1.54, 1.807) is 0 Å². The number of hydrogen-bond donors (Lipinski definition) is 1. The highest BCUT2D eigenvalue weighted by Gasteiger charge is 2.30. The highest BCUT2D eigenvalue weighted by Crippen LogP contribution is 2.41. The number of fused-ring (bicyclic) bond motifs is 3. The van der Waals surface area contributed by atoms with Crippen molar-refractivity contribution < 1.29 is 0 Å². The fraction of sp³-hybridized carbons (Fsp3) is 0.143. The van der Waals surface area contributed by atoms with Gasteiger partial charge in [0.25, 0.3) is 0 Å². The van der Waals surface area contributed by atoms with Crippen molar-refractivity contribution in [1.29, 1.82) is 0 Å². The summed E-state index contributed by atoms with van der Waals surface area (Å²) in [6, 6.07) is 27.5. The Balaban J connectivity index is 1.56. The zero-order valence-electron chi connectivity index (χ0n) is 18.9. The number of benzene rings is 3. The predicted octanol–water partition coefficient (Wildman–Crippen LogP) is 6.30. The summed E-state index contributed by atoms with van der Waals surface area (Å²) in [5.41, 5.74) is 11.0. The highest BCUT2D eigenvalue weighted by molar-refractivity contribution is 5.80. The molecule has 3 aromatic carbocycles. The summed E-state index contributed by atoms with van der Waals surface area (Å²) in [4.78, 5) is 0. The summed E-state index contributed by atoms with van der Waals surface area (Å²) in [5.74, 6) is 0. The second-order valence-electron chi connectivity index (χ2n) is 8.79. The standard InChI is InChI=1S/C28H25N5/c1-18-9-12-21(13-10-18)27-24(17-32(31-27)22-7-5-4-6-8-22)28-29-25-14-11-19(2)15-23(25)26-16-20(3)30-33(26)28/h4-17,28-29H,1-3H3/t28-/m0/s1. The van der Waals surface area contributed by atoms with Gasteiger partial charge in [0, 0.05) is 28.6 Å². The van der Waals surface area contributed by atoms with Crippen molar-refractivity contribution in [3.63, 3.8) is 0 Å². The third-order valence-corrected chi connectivity index (χ3v) is 6.23. The van der Waals surface area contributed by atoms with Crippen LogP contribution in [0.2, 0.25) is 0 Å². The zero-order valence-corrected chi connectivity index (χ0v) is 18.9. The maximum atomic E-state index is 5.04. The Bertz CT molecular complexity index is 1460. The van der Waals surface area contributed by atoms with Gasteiger partial charge in [-0.25, -0.2) is 9.36 Å². The second kappa shape index (κ2) is 7.48. The van der Waals surface area contributed by atoms with Crippen LogP contribution in [0.4, 0.5) is 5.69 Å². The molecule has 0 fully saturated rings. The van der Waals surface area contributed by atoms with Gasteiger partial charge in [-0.3, -0.25) is 0 Å². The van der Waals surface area contributed by atoms with Crippen molar-refractivity contribution >= 4 is 5.69 Å². The third-order valence-electron chi connectivity index (χ3n) is 6.23. The van der Waals surface area contributed by atoms with Crippen LogP contribution in [0.1, 0.15) is 28.6 Å². The molecule has 0 amide bonds. The first-order valence-corrected chi connectivity index (χ1v) is 11.2. The van der Waals surface area contributed by atoms with Gasteiger partial charge in [0.2, 0.25) is 0 Å². The molecule has 1 aliphatic heterocycles. The van der Waals surface area contributed by atoms with Crippen molar-refractivity contribution in [1.82, 2.24) is 19.6 Å². The van der Waals surface area contributed by atoms with E-state index >= 15 is 0 Å². The number of nitrogens with one attached hydrogen (secondary N) is 1. The van der Waals surface area contributed by atoms with Gasteiger partial charge in [-0.1, -0.05) is 59.7 Å². The lowest BCUT2D eigenvalue weighted by molar-refractivity contribution is 0.572. The summed E-state index contributed by atoms with van der Waals surface area (Å²) >= 11 is 0. The SMILES string of the molecule is Cc1ccc(-c2nn(-c3ccccc3)cc2[C@H]2Nc3ccc(C)cc3-c3cc(C)nn32)cc1. The Labute approximate surface area is 193 Å². The van der Waals surface area contributed by atoms with E-state index in [1.807, 2.05) is 29.8 Å². The Kier molecular flexibility index (Phi) is 4.44. The maximum Gasteiger partial charge on any atom is 0.151 e. The van der Waals surface area contributed by atoms with Crippen LogP contribution in [0.3, 0.4) is 0 Å². The van der Waals surface area contributed by atoms with E-state index in [9.17, 15) is 0 Å². The van der Waals surface area contributed by atoms with E-state index in [0.29, 0.717) is 0 Å². The number of rotatable bonds is 3. The molecule has 162 valence electrons. The van der Waals surface area contributed by atoms with Gasteiger partial charge >= 0.3 is 0 Å². The van der Waals surface area contributed by atoms with Crippen LogP contribution in [-0.4, -0.2) is 19.6 Å². The fourth-order valence-electron chi connectivity index (χ4n) is 4.56. The molecule has 1 aliphatic rings. The molecule has 1 atom stereocenters. The van der Waals surface area contributed by atoms with Crippen molar-refractivity contribution in [3.05, 3.63) is 107 Å². The molecule has 33 heavy (non-hydrogen) atoms. The smallest absolute Gasteiger partial charge is 0.151 e. The van der Waals surface area contributed by atoms with Gasteiger partial charge in [-0.05, 0) is 51.1 Å². The Hall–Kier alpha value is -4.12. The number of anilines is 1. The number of nitrogens with zero attached hydrogens (tertiary/aromatic N) is 4. The van der Waals surface area contributed by atoms with Gasteiger partial charge in [0.1, 0.15) is 0 Å². The van der Waals surface area contributed by atoms with Crippen molar-refractivity contribution in [2.75, 3.05) is 5.32 Å². The van der Waals surface area contributed by atoms with E-state index in [2.05, 4.69) is 90.7 Å². The minimum atomic E-state index is -0.169. The molecule has 0 bridgehead atoms. The lowest BCUT2D eigenvalue weighted by Gasteiger charge is -2.29. The minimum absolute atomic E-state index is 0.169. The lowest BCUT2D eigenvalue weighted by atomic mass is 10.00. The molecule has 5 aromatic rings. The zero-order chi connectivity index (χ0) is 22.5. The summed E-state index contributed by atoms with van der Waals surface area (Å²) in [6.07, 6.45) is 1.96. The summed E-state index contributed by atoms with van der Waals surface area (Å²) in [6.45, 7) is 6.28. The molecule has 0 radical (unpaired) electrons. The first kappa shape index (κ1) is 19.6. The average molecular weight is 432 g/mol. The minimum Gasteiger partial charge on any atom is -0.359 e. The largest absolute Gasteiger partial charge is 0.359 e. The number of para-hydroxylation sites is 1. The summed E-state index contributed by atoms with van der Waals surface area (Å²) in [7, 11) is 0. The van der Waals surface area contributed by atoms with E-state index in [0.717, 1.165) is 39.6 Å². The van der Waals surface area contributed by atoms with Gasteiger partial charge in [-0.2, -0.15) is 10.2 Å². The van der Waals surface area contributed by atoms with Crippen LogP contribution in [0.5, 0.6) is 0 Å². The third kappa shape index (κ3) is 3.33. The van der Waals surface area contributed by atoms with Crippen LogP contribution < -0.4 is 5.32 Å². The van der Waals surface area contributed by atoms with Gasteiger partial charge < -0.3 is 5.32 Å². The Morgan fingerprint density at radius 1 is 0.788 bits per heavy atom. The predicted molar refractivity (Wildman–Crippen MR) is 133 cm³/mol. The fourth-order valence-corrected chi connectivity index (χ4v) is 4.56. The van der Waals surface area contributed by atoms with E-state index in [4.69, 9.17) is 10.2 Å². The average Bonchev–Trinajstić information content (AvgIpc) is 3.44. The molecular weight excluding hydrogens is 406 g/mol. The number of hydrogen-bond acceptors (Lipinski definition) is 3. The quantitative estimate of drug-likeness (QED) is 0.365. The molecule has 0 unspecified atom stereocenters. The molecule has 5 heteroatoms. The number of aromatic nitrogens is 4. The van der Waals surface area contributed by atoms with Crippen LogP contribution in [0.25, 0.3) is 28.2 Å². The van der Waals surface area contributed by atoms with E-state index in [-0.39, 0.29) is 6.17 Å². The molecule has 3 heterocycles. The highest BCUT2D eigenvalue weighted by atomic mass is 15.4. The Morgan fingerprint density at radius 3 is 2.33 bits per heavy atom. The van der Waals surface area contributed by atoms with Crippen molar-refractivity contribution in [3.8, 4) is 28.2 Å². The van der Waals surface area contributed by atoms with Crippen LogP contribution in [0, 0.1) is 20.8 Å². The molecule has 0 spiro atoms. The molecule has 1 N–H and O–H groups in total. The Morgan fingerprint density at radius 2 is 1.55 bits per heavy atom. The maximum absolute atomic E-state index is 5.04. The van der Waals surface area contributed by atoms with Crippen LogP contribution >= 0.6 is 0 Å². The van der Waals surface area contributed by atoms with Gasteiger partial charge in [-0.15, -0.1) is 0 Å². The summed E-state index contributed by atoms with van der Waals surface area (Å²) in [5, 5.41) is 13.7. The molecule has 5 nitrogen and oxygen atoms in total. The van der Waals surface area contributed by atoms with Crippen LogP contribution in [-0.2, 0) is 0 Å². The normalized spacial score (nSPS) is 14.5. The second-order valence-corrected chi connectivity index (χ2v) is 8.79. The molecule has 0 aliphatic carbocycles. The molecular formula is C28H25N5. The van der Waals surface area contributed by atoms with E-state index in [1.165, 1.54) is 16.7 Å². The molecule has 0 saturated heterocycles.